The summed E-state index contributed by atoms with van der Waals surface area (Å²) >= 11 is 0. The van der Waals surface area contributed by atoms with Crippen LogP contribution in [0.25, 0.3) is 11.0 Å². The highest BCUT2D eigenvalue weighted by molar-refractivity contribution is 6.08. The maximum absolute atomic E-state index is 11.6. The molecule has 1 unspecified atom stereocenters. The SMILES string of the molecule is NC(=O)c1cn([C@@H]2C=C(CO)[C@H](O)C2O)c2ncnc(N)c12. The Bertz CT molecular complexity index is 784. The minimum atomic E-state index is -1.19. The average Bonchev–Trinajstić information content (AvgIpc) is 3.00. The first kappa shape index (κ1) is 14.4. The van der Waals surface area contributed by atoms with Gasteiger partial charge in [-0.1, -0.05) is 6.08 Å². The summed E-state index contributed by atoms with van der Waals surface area (Å²) in [6.45, 7) is -0.381. The lowest BCUT2D eigenvalue weighted by Gasteiger charge is -2.19. The van der Waals surface area contributed by atoms with E-state index < -0.39 is 24.2 Å². The number of fused-ring (bicyclic) bond motifs is 1. The molecule has 1 aliphatic rings. The number of nitrogens with two attached hydrogens (primary N) is 2. The molecular weight excluding hydrogens is 290 g/mol. The molecule has 3 rings (SSSR count). The van der Waals surface area contributed by atoms with Crippen molar-refractivity contribution >= 4 is 22.8 Å². The summed E-state index contributed by atoms with van der Waals surface area (Å²) in [7, 11) is 0. The topological polar surface area (TPSA) is 161 Å². The lowest BCUT2D eigenvalue weighted by atomic mass is 10.1. The first-order valence-corrected chi connectivity index (χ1v) is 6.54. The van der Waals surface area contributed by atoms with Crippen LogP contribution in [0.2, 0.25) is 0 Å². The van der Waals surface area contributed by atoms with E-state index in [4.69, 9.17) is 11.5 Å². The number of nitrogen functional groups attached to an aromatic ring is 1. The third-order valence-electron chi connectivity index (χ3n) is 3.85. The molecule has 1 amide bonds. The second-order valence-electron chi connectivity index (χ2n) is 5.10. The van der Waals surface area contributed by atoms with Gasteiger partial charge in [0.05, 0.1) is 23.6 Å². The van der Waals surface area contributed by atoms with E-state index in [1.807, 2.05) is 0 Å². The highest BCUT2D eigenvalue weighted by Crippen LogP contribution is 2.34. The highest BCUT2D eigenvalue weighted by Gasteiger charge is 2.36. The molecule has 2 heterocycles. The molecule has 2 aromatic heterocycles. The van der Waals surface area contributed by atoms with Crippen LogP contribution in [0.5, 0.6) is 0 Å². The molecule has 116 valence electrons. The zero-order valence-corrected chi connectivity index (χ0v) is 11.4. The van der Waals surface area contributed by atoms with Crippen molar-refractivity contribution in [3.63, 3.8) is 0 Å². The number of aromatic nitrogens is 3. The summed E-state index contributed by atoms with van der Waals surface area (Å²) in [5.74, 6) is -0.610. The predicted molar refractivity (Wildman–Crippen MR) is 76.7 cm³/mol. The summed E-state index contributed by atoms with van der Waals surface area (Å²) in [6, 6.07) is -0.706. The van der Waals surface area contributed by atoms with Crippen LogP contribution in [0, 0.1) is 0 Å². The van der Waals surface area contributed by atoms with Gasteiger partial charge in [-0.25, -0.2) is 9.97 Å². The first-order valence-electron chi connectivity index (χ1n) is 6.54. The van der Waals surface area contributed by atoms with Crippen LogP contribution in [0.3, 0.4) is 0 Å². The van der Waals surface area contributed by atoms with Gasteiger partial charge in [-0.2, -0.15) is 0 Å². The largest absolute Gasteiger partial charge is 0.392 e. The monoisotopic (exact) mass is 305 g/mol. The van der Waals surface area contributed by atoms with Gasteiger partial charge in [-0.3, -0.25) is 4.79 Å². The molecule has 9 heteroatoms. The van der Waals surface area contributed by atoms with Gasteiger partial charge >= 0.3 is 0 Å². The second-order valence-corrected chi connectivity index (χ2v) is 5.10. The van der Waals surface area contributed by atoms with Crippen LogP contribution in [0.15, 0.2) is 24.2 Å². The molecule has 22 heavy (non-hydrogen) atoms. The van der Waals surface area contributed by atoms with Crippen LogP contribution in [0.1, 0.15) is 16.4 Å². The van der Waals surface area contributed by atoms with Crippen LogP contribution >= 0.6 is 0 Å². The predicted octanol–water partition coefficient (Wildman–Crippen LogP) is -1.69. The fraction of sp³-hybridized carbons (Fsp3) is 0.308. The summed E-state index contributed by atoms with van der Waals surface area (Å²) in [6.07, 6.45) is 1.79. The molecule has 1 aliphatic carbocycles. The molecule has 7 N–H and O–H groups in total. The Kier molecular flexibility index (Phi) is 3.32. The maximum Gasteiger partial charge on any atom is 0.251 e. The second kappa shape index (κ2) is 5.05. The zero-order chi connectivity index (χ0) is 16.0. The number of carbonyl (C=O) groups is 1. The zero-order valence-electron chi connectivity index (χ0n) is 11.4. The molecule has 9 nitrogen and oxygen atoms in total. The Hall–Kier alpha value is -2.49. The van der Waals surface area contributed by atoms with Crippen molar-refractivity contribution in [2.45, 2.75) is 18.2 Å². The van der Waals surface area contributed by atoms with Crippen molar-refractivity contribution in [3.8, 4) is 0 Å². The minimum Gasteiger partial charge on any atom is -0.392 e. The smallest absolute Gasteiger partial charge is 0.251 e. The lowest BCUT2D eigenvalue weighted by molar-refractivity contribution is 0.0288. The normalized spacial score (nSPS) is 24.7. The van der Waals surface area contributed by atoms with Gasteiger partial charge in [0.1, 0.15) is 30.0 Å². The van der Waals surface area contributed by atoms with Gasteiger partial charge < -0.3 is 31.4 Å². The fourth-order valence-corrected chi connectivity index (χ4v) is 2.74. The number of carbonyl (C=O) groups excluding carboxylic acids is 1. The number of anilines is 1. The van der Waals surface area contributed by atoms with Crippen LogP contribution < -0.4 is 11.5 Å². The Morgan fingerprint density at radius 1 is 1.36 bits per heavy atom. The number of nitrogens with zero attached hydrogens (tertiary/aromatic N) is 3. The van der Waals surface area contributed by atoms with E-state index in [1.165, 1.54) is 23.2 Å². The Balaban J connectivity index is 2.23. The van der Waals surface area contributed by atoms with E-state index >= 15 is 0 Å². The molecule has 0 fully saturated rings. The van der Waals surface area contributed by atoms with E-state index in [1.54, 1.807) is 0 Å². The Morgan fingerprint density at radius 3 is 2.68 bits per heavy atom. The minimum absolute atomic E-state index is 0.0944. The van der Waals surface area contributed by atoms with Crippen LogP contribution in [0.4, 0.5) is 5.82 Å². The number of rotatable bonds is 3. The molecule has 0 aliphatic heterocycles. The number of aliphatic hydroxyl groups is 3. The number of hydrogen-bond acceptors (Lipinski definition) is 7. The number of amides is 1. The molecule has 0 radical (unpaired) electrons. The summed E-state index contributed by atoms with van der Waals surface area (Å²) < 4.78 is 1.49. The van der Waals surface area contributed by atoms with Gasteiger partial charge in [0.15, 0.2) is 0 Å². The van der Waals surface area contributed by atoms with Crippen molar-refractivity contribution < 1.29 is 20.1 Å². The Morgan fingerprint density at radius 2 is 2.09 bits per heavy atom. The van der Waals surface area contributed by atoms with E-state index in [-0.39, 0.29) is 18.0 Å². The highest BCUT2D eigenvalue weighted by atomic mass is 16.3. The third-order valence-corrected chi connectivity index (χ3v) is 3.85. The molecule has 0 bridgehead atoms. The lowest BCUT2D eigenvalue weighted by Crippen LogP contribution is -2.30. The molecule has 0 saturated heterocycles. The van der Waals surface area contributed by atoms with Gasteiger partial charge in [0, 0.05) is 6.20 Å². The van der Waals surface area contributed by atoms with Crippen molar-refractivity contribution in [1.29, 1.82) is 0 Å². The van der Waals surface area contributed by atoms with Gasteiger partial charge in [-0.05, 0) is 5.57 Å². The fourth-order valence-electron chi connectivity index (χ4n) is 2.74. The van der Waals surface area contributed by atoms with E-state index in [0.717, 1.165) is 0 Å². The van der Waals surface area contributed by atoms with Crippen LogP contribution in [-0.4, -0.2) is 54.6 Å². The van der Waals surface area contributed by atoms with Crippen LogP contribution in [-0.2, 0) is 0 Å². The standard InChI is InChI=1S/C13H15N5O4/c14-11-8-6(12(15)22)2-18(13(8)17-4-16-11)7-1-5(3-19)9(20)10(7)21/h1-2,4,7,9-10,19-21H,3H2,(H2,15,22)(H2,14,16,17)/t7-,9+,10?/m1/s1. The van der Waals surface area contributed by atoms with Gasteiger partial charge in [-0.15, -0.1) is 0 Å². The van der Waals surface area contributed by atoms with E-state index in [2.05, 4.69) is 9.97 Å². The molecule has 3 atom stereocenters. The molecule has 0 spiro atoms. The number of aliphatic hydroxyl groups excluding tert-OH is 3. The quantitative estimate of drug-likeness (QED) is 0.423. The van der Waals surface area contributed by atoms with Crippen molar-refractivity contribution in [3.05, 3.63) is 29.7 Å². The van der Waals surface area contributed by atoms with Crippen molar-refractivity contribution in [2.24, 2.45) is 5.73 Å². The number of primary amides is 1. The molecular formula is C13H15N5O4. The van der Waals surface area contributed by atoms with Gasteiger partial charge in [0.25, 0.3) is 5.91 Å². The summed E-state index contributed by atoms with van der Waals surface area (Å²) in [5, 5.41) is 29.6. The summed E-state index contributed by atoms with van der Waals surface area (Å²) in [5.41, 5.74) is 11.9. The molecule has 2 aromatic rings. The summed E-state index contributed by atoms with van der Waals surface area (Å²) in [4.78, 5) is 19.5. The average molecular weight is 305 g/mol. The van der Waals surface area contributed by atoms with E-state index in [9.17, 15) is 20.1 Å². The third kappa shape index (κ3) is 1.95. The van der Waals surface area contributed by atoms with Crippen molar-refractivity contribution in [1.82, 2.24) is 14.5 Å². The molecule has 0 aromatic carbocycles. The number of hydrogen-bond donors (Lipinski definition) is 5. The molecule has 0 saturated carbocycles. The van der Waals surface area contributed by atoms with Crippen molar-refractivity contribution in [2.75, 3.05) is 12.3 Å². The Labute approximate surface area is 124 Å². The van der Waals surface area contributed by atoms with Gasteiger partial charge in [0.2, 0.25) is 0 Å². The maximum atomic E-state index is 11.6. The van der Waals surface area contributed by atoms with E-state index in [0.29, 0.717) is 16.6 Å². The first-order chi connectivity index (χ1) is 10.5.